The van der Waals surface area contributed by atoms with Crippen LogP contribution in [0.25, 0.3) is 17.5 Å². The van der Waals surface area contributed by atoms with E-state index < -0.39 is 0 Å². The average molecular weight is 375 g/mol. The van der Waals surface area contributed by atoms with Gasteiger partial charge in [0.25, 0.3) is 0 Å². The van der Waals surface area contributed by atoms with E-state index in [0.29, 0.717) is 20.7 Å². The predicted octanol–water partition coefficient (Wildman–Crippen LogP) is 5.37. The van der Waals surface area contributed by atoms with Crippen molar-refractivity contribution in [1.29, 1.82) is 0 Å². The summed E-state index contributed by atoms with van der Waals surface area (Å²) in [6, 6.07) is 17.0. The van der Waals surface area contributed by atoms with Crippen molar-refractivity contribution in [1.82, 2.24) is 14.9 Å². The number of rotatable bonds is 4. The van der Waals surface area contributed by atoms with Gasteiger partial charge in [-0.15, -0.1) is 0 Å². The molecule has 0 aliphatic rings. The molecule has 0 unspecified atom stereocenters. The second-order valence-electron chi connectivity index (χ2n) is 4.86. The first-order chi connectivity index (χ1) is 11.6. The van der Waals surface area contributed by atoms with Gasteiger partial charge in [-0.1, -0.05) is 53.5 Å². The monoisotopic (exact) mass is 374 g/mol. The van der Waals surface area contributed by atoms with Crippen LogP contribution < -0.4 is 0 Å². The third-order valence-electron chi connectivity index (χ3n) is 3.15. The van der Waals surface area contributed by atoms with E-state index in [-0.39, 0.29) is 0 Å². The largest absolute Gasteiger partial charge is 0.250 e. The SMILES string of the molecule is S=c1[nH]nc(-c2ccc(Cl)cc2)n1N=CC(Cl)=Cc1ccccc1. The molecule has 1 heterocycles. The second kappa shape index (κ2) is 7.57. The molecule has 3 aromatic rings. The summed E-state index contributed by atoms with van der Waals surface area (Å²) in [5, 5.41) is 12.4. The Labute approximate surface area is 154 Å². The minimum Gasteiger partial charge on any atom is -0.250 e. The van der Waals surface area contributed by atoms with Crippen LogP contribution in [0.15, 0.2) is 64.7 Å². The van der Waals surface area contributed by atoms with Gasteiger partial charge in [0, 0.05) is 10.6 Å². The van der Waals surface area contributed by atoms with Crippen LogP contribution in [-0.4, -0.2) is 21.1 Å². The fourth-order valence-electron chi connectivity index (χ4n) is 2.04. The van der Waals surface area contributed by atoms with Crippen molar-refractivity contribution in [2.24, 2.45) is 5.10 Å². The lowest BCUT2D eigenvalue weighted by Crippen LogP contribution is -1.94. The Morgan fingerprint density at radius 2 is 1.83 bits per heavy atom. The maximum absolute atomic E-state index is 6.22. The molecule has 0 radical (unpaired) electrons. The Kier molecular flexibility index (Phi) is 5.25. The molecule has 120 valence electrons. The molecule has 0 spiro atoms. The molecule has 0 saturated carbocycles. The summed E-state index contributed by atoms with van der Waals surface area (Å²) < 4.78 is 1.89. The van der Waals surface area contributed by atoms with E-state index in [0.717, 1.165) is 11.1 Å². The van der Waals surface area contributed by atoms with E-state index >= 15 is 0 Å². The van der Waals surface area contributed by atoms with E-state index in [1.165, 1.54) is 10.9 Å². The van der Waals surface area contributed by atoms with Crippen molar-refractivity contribution in [3.05, 3.63) is 75.0 Å². The molecule has 0 saturated heterocycles. The lowest BCUT2D eigenvalue weighted by atomic mass is 10.2. The maximum Gasteiger partial charge on any atom is 0.216 e. The molecule has 0 amide bonds. The number of hydrogen-bond acceptors (Lipinski definition) is 3. The number of halogens is 2. The summed E-state index contributed by atoms with van der Waals surface area (Å²) in [7, 11) is 0. The Morgan fingerprint density at radius 3 is 2.54 bits per heavy atom. The molecule has 0 fully saturated rings. The fourth-order valence-corrected chi connectivity index (χ4v) is 2.52. The van der Waals surface area contributed by atoms with Crippen LogP contribution in [0.2, 0.25) is 5.02 Å². The highest BCUT2D eigenvalue weighted by Crippen LogP contribution is 2.20. The Hall–Kier alpha value is -2.21. The molecule has 4 nitrogen and oxygen atoms in total. The molecule has 0 bridgehead atoms. The summed E-state index contributed by atoms with van der Waals surface area (Å²) in [6.45, 7) is 0. The van der Waals surface area contributed by atoms with E-state index in [1.54, 1.807) is 12.1 Å². The molecular weight excluding hydrogens is 363 g/mol. The Bertz CT molecular complexity index is 941. The molecular formula is C17H12Cl2N4S. The smallest absolute Gasteiger partial charge is 0.216 e. The molecule has 0 atom stereocenters. The molecule has 24 heavy (non-hydrogen) atoms. The third kappa shape index (κ3) is 4.00. The summed E-state index contributed by atoms with van der Waals surface area (Å²) in [6.07, 6.45) is 3.34. The lowest BCUT2D eigenvalue weighted by Gasteiger charge is -2.01. The van der Waals surface area contributed by atoms with Crippen molar-refractivity contribution < 1.29 is 0 Å². The molecule has 7 heteroatoms. The average Bonchev–Trinajstić information content (AvgIpc) is 2.95. The topological polar surface area (TPSA) is 46.0 Å². The molecule has 0 aliphatic heterocycles. The van der Waals surface area contributed by atoms with E-state index in [9.17, 15) is 0 Å². The van der Waals surface area contributed by atoms with Gasteiger partial charge in [0.05, 0.1) is 11.2 Å². The summed E-state index contributed by atoms with van der Waals surface area (Å²) in [4.78, 5) is 0. The van der Waals surface area contributed by atoms with Crippen LogP contribution >= 0.6 is 35.4 Å². The van der Waals surface area contributed by atoms with Crippen LogP contribution in [-0.2, 0) is 0 Å². The number of nitrogens with zero attached hydrogens (tertiary/aromatic N) is 3. The minimum atomic E-state index is 0.375. The van der Waals surface area contributed by atoms with Gasteiger partial charge in [-0.2, -0.15) is 14.9 Å². The molecule has 3 rings (SSSR count). The zero-order valence-electron chi connectivity index (χ0n) is 12.4. The van der Waals surface area contributed by atoms with Crippen molar-refractivity contribution in [3.63, 3.8) is 0 Å². The number of aromatic nitrogens is 3. The fraction of sp³-hybridized carbons (Fsp3) is 0. The van der Waals surface area contributed by atoms with Crippen LogP contribution in [0.5, 0.6) is 0 Å². The number of benzene rings is 2. The molecule has 2 aromatic carbocycles. The van der Waals surface area contributed by atoms with Gasteiger partial charge in [-0.3, -0.25) is 0 Å². The van der Waals surface area contributed by atoms with Gasteiger partial charge in [0.2, 0.25) is 4.77 Å². The lowest BCUT2D eigenvalue weighted by molar-refractivity contribution is 0.872. The molecule has 1 N–H and O–H groups in total. The number of aromatic amines is 1. The predicted molar refractivity (Wildman–Crippen MR) is 102 cm³/mol. The van der Waals surface area contributed by atoms with Crippen LogP contribution in [0.1, 0.15) is 5.56 Å². The van der Waals surface area contributed by atoms with Gasteiger partial charge in [0.15, 0.2) is 5.82 Å². The first-order valence-corrected chi connectivity index (χ1v) is 8.20. The molecule has 1 aromatic heterocycles. The van der Waals surface area contributed by atoms with E-state index in [2.05, 4.69) is 15.3 Å². The van der Waals surface area contributed by atoms with Gasteiger partial charge < -0.3 is 0 Å². The van der Waals surface area contributed by atoms with E-state index in [1.807, 2.05) is 48.5 Å². The van der Waals surface area contributed by atoms with Crippen molar-refractivity contribution in [2.75, 3.05) is 0 Å². The standard InChI is InChI=1S/C17H12Cl2N4S/c18-14-8-6-13(7-9-14)16-21-22-17(24)23(16)20-11-15(19)10-12-4-2-1-3-5-12/h1-11H,(H,22,24). The molecule has 0 aliphatic carbocycles. The highest BCUT2D eigenvalue weighted by molar-refractivity contribution is 7.71. The Morgan fingerprint density at radius 1 is 1.12 bits per heavy atom. The van der Waals surface area contributed by atoms with Crippen LogP contribution in [0.4, 0.5) is 0 Å². The van der Waals surface area contributed by atoms with Gasteiger partial charge in [0.1, 0.15) is 0 Å². The summed E-state index contributed by atoms with van der Waals surface area (Å²) >= 11 is 17.4. The van der Waals surface area contributed by atoms with Gasteiger partial charge in [-0.05, 0) is 48.1 Å². The van der Waals surface area contributed by atoms with Gasteiger partial charge >= 0.3 is 0 Å². The first-order valence-electron chi connectivity index (χ1n) is 7.03. The normalized spacial score (nSPS) is 12.0. The van der Waals surface area contributed by atoms with E-state index in [4.69, 9.17) is 35.4 Å². The van der Waals surface area contributed by atoms with Crippen molar-refractivity contribution in [2.45, 2.75) is 0 Å². The third-order valence-corrected chi connectivity index (χ3v) is 3.88. The zero-order chi connectivity index (χ0) is 16.9. The van der Waals surface area contributed by atoms with Crippen molar-refractivity contribution in [3.8, 4) is 11.4 Å². The van der Waals surface area contributed by atoms with Crippen molar-refractivity contribution >= 4 is 47.7 Å². The number of hydrogen-bond donors (Lipinski definition) is 1. The highest BCUT2D eigenvalue weighted by Gasteiger charge is 2.07. The number of H-pyrrole nitrogens is 1. The summed E-state index contributed by atoms with van der Waals surface area (Å²) in [5.41, 5.74) is 1.83. The van der Waals surface area contributed by atoms with Crippen LogP contribution in [0.3, 0.4) is 0 Å². The first kappa shape index (κ1) is 16.6. The summed E-state index contributed by atoms with van der Waals surface area (Å²) in [5.74, 6) is 0.581. The van der Waals surface area contributed by atoms with Gasteiger partial charge in [-0.25, -0.2) is 5.10 Å². The number of nitrogens with one attached hydrogen (secondary N) is 1. The maximum atomic E-state index is 6.22. The Balaban J connectivity index is 1.90. The quantitative estimate of drug-likeness (QED) is 0.492. The number of allylic oxidation sites excluding steroid dienone is 1. The van der Waals surface area contributed by atoms with Crippen LogP contribution in [0, 0.1) is 4.77 Å². The highest BCUT2D eigenvalue weighted by atomic mass is 35.5. The minimum absolute atomic E-state index is 0.375. The zero-order valence-corrected chi connectivity index (χ0v) is 14.7. The second-order valence-corrected chi connectivity index (χ2v) is 6.12.